The molecule has 7 nitrogen and oxygen atoms in total. The first-order valence-electron chi connectivity index (χ1n) is 9.95. The molecule has 1 heterocycles. The van der Waals surface area contributed by atoms with Crippen molar-refractivity contribution in [2.45, 2.75) is 11.4 Å². The van der Waals surface area contributed by atoms with E-state index in [0.717, 1.165) is 26.7 Å². The molecule has 1 saturated heterocycles. The number of imide groups is 1. The Morgan fingerprint density at radius 3 is 2.35 bits per heavy atom. The fourth-order valence-electron chi connectivity index (χ4n) is 3.19. The largest absolute Gasteiger partial charge is 0.493 e. The summed E-state index contributed by atoms with van der Waals surface area (Å²) in [6.07, 6.45) is 1.44. The van der Waals surface area contributed by atoms with Gasteiger partial charge in [-0.05, 0) is 53.7 Å². The zero-order valence-corrected chi connectivity index (χ0v) is 21.0. The van der Waals surface area contributed by atoms with Gasteiger partial charge in [-0.3, -0.25) is 14.5 Å². The maximum absolute atomic E-state index is 13.0. The predicted octanol–water partition coefficient (Wildman–Crippen LogP) is 5.46. The van der Waals surface area contributed by atoms with Gasteiger partial charge in [0.05, 0.1) is 18.6 Å². The molecular weight excluding hydrogens is 542 g/mol. The van der Waals surface area contributed by atoms with Crippen LogP contribution in [0, 0.1) is 0 Å². The van der Waals surface area contributed by atoms with Crippen LogP contribution >= 0.6 is 27.7 Å². The maximum Gasteiger partial charge on any atom is 0.339 e. The molecule has 0 aromatic heterocycles. The normalized spacial score (nSPS) is 15.1. The fraction of sp³-hybridized carbons (Fsp3) is 0.0833. The molecule has 0 spiro atoms. The van der Waals surface area contributed by atoms with E-state index in [1.54, 1.807) is 36.4 Å². The summed E-state index contributed by atoms with van der Waals surface area (Å²) in [5, 5.41) is -0.415. The smallest absolute Gasteiger partial charge is 0.339 e. The van der Waals surface area contributed by atoms with Crippen LogP contribution in [-0.2, 0) is 21.5 Å². The molecule has 0 saturated carbocycles. The Balaban J connectivity index is 1.66. The molecule has 0 atom stereocenters. The van der Waals surface area contributed by atoms with Crippen LogP contribution in [0.3, 0.4) is 0 Å². The highest BCUT2D eigenvalue weighted by atomic mass is 79.9. The summed E-state index contributed by atoms with van der Waals surface area (Å²) in [7, 11) is -2.78. The first-order chi connectivity index (χ1) is 16.3. The van der Waals surface area contributed by atoms with E-state index in [0.29, 0.717) is 0 Å². The average Bonchev–Trinajstić information content (AvgIpc) is 3.09. The Bertz CT molecular complexity index is 1370. The molecule has 1 fully saturated rings. The summed E-state index contributed by atoms with van der Waals surface area (Å²) < 4.78 is 37.3. The number of thioether (sulfide) groups is 1. The summed E-state index contributed by atoms with van der Waals surface area (Å²) in [6.45, 7) is 0.124. The summed E-state index contributed by atoms with van der Waals surface area (Å²) >= 11 is 4.14. The van der Waals surface area contributed by atoms with Crippen molar-refractivity contribution in [3.63, 3.8) is 0 Å². The molecule has 4 rings (SSSR count). The number of hydrogen-bond acceptors (Lipinski definition) is 7. The van der Waals surface area contributed by atoms with Gasteiger partial charge in [-0.15, -0.1) is 0 Å². The second kappa shape index (κ2) is 10.0. The molecule has 3 aromatic rings. The lowest BCUT2D eigenvalue weighted by Gasteiger charge is -2.14. The quantitative estimate of drug-likeness (QED) is 0.280. The lowest BCUT2D eigenvalue weighted by Crippen LogP contribution is -2.27. The molecule has 0 aliphatic carbocycles. The number of rotatable bonds is 7. The highest BCUT2D eigenvalue weighted by Crippen LogP contribution is 2.39. The molecule has 174 valence electrons. The molecule has 0 unspecified atom stereocenters. The van der Waals surface area contributed by atoms with E-state index in [4.69, 9.17) is 8.92 Å². The number of ether oxygens (including phenoxy) is 1. The summed E-state index contributed by atoms with van der Waals surface area (Å²) in [4.78, 5) is 26.8. The number of benzene rings is 3. The van der Waals surface area contributed by atoms with E-state index in [9.17, 15) is 18.0 Å². The van der Waals surface area contributed by atoms with Gasteiger partial charge in [-0.1, -0.05) is 58.4 Å². The highest BCUT2D eigenvalue weighted by molar-refractivity contribution is 9.10. The van der Waals surface area contributed by atoms with Crippen molar-refractivity contribution in [3.8, 4) is 11.5 Å². The van der Waals surface area contributed by atoms with Crippen molar-refractivity contribution < 1.29 is 26.9 Å². The SMILES string of the molecule is COc1cccc(/C=C2\SC(=O)N(Cc3ccc(Br)cc3)C2=O)c1OS(=O)(=O)c1ccccc1. The van der Waals surface area contributed by atoms with Crippen molar-refractivity contribution >= 4 is 55.0 Å². The standard InChI is InChI=1S/C24H18BrNO6S2/c1-31-20-9-5-6-17(22(20)32-34(29,30)19-7-3-2-4-8-19)14-21-23(27)26(24(28)33-21)15-16-10-12-18(25)13-11-16/h2-14H,15H2,1H3/b21-14-. The zero-order chi connectivity index (χ0) is 24.3. The van der Waals surface area contributed by atoms with E-state index in [-0.39, 0.29) is 33.4 Å². The van der Waals surface area contributed by atoms with E-state index >= 15 is 0 Å². The Kier molecular flexibility index (Phi) is 7.11. The van der Waals surface area contributed by atoms with Crippen molar-refractivity contribution in [2.24, 2.45) is 0 Å². The molecule has 1 aliphatic heterocycles. The van der Waals surface area contributed by atoms with Gasteiger partial charge < -0.3 is 8.92 Å². The van der Waals surface area contributed by atoms with Crippen molar-refractivity contribution in [1.82, 2.24) is 4.90 Å². The van der Waals surface area contributed by atoms with Crippen LogP contribution in [0.15, 0.2) is 87.1 Å². The molecule has 10 heteroatoms. The van der Waals surface area contributed by atoms with Gasteiger partial charge in [0, 0.05) is 10.0 Å². The summed E-state index contributed by atoms with van der Waals surface area (Å²) in [5.41, 5.74) is 1.08. The molecule has 0 N–H and O–H groups in total. The van der Waals surface area contributed by atoms with Crippen LogP contribution in [-0.4, -0.2) is 31.6 Å². The Morgan fingerprint density at radius 2 is 1.68 bits per heavy atom. The number of hydrogen-bond donors (Lipinski definition) is 0. The first kappa shape index (κ1) is 24.1. The lowest BCUT2D eigenvalue weighted by atomic mass is 10.1. The van der Waals surface area contributed by atoms with Gasteiger partial charge in [0.15, 0.2) is 11.5 Å². The van der Waals surface area contributed by atoms with Gasteiger partial charge >= 0.3 is 10.1 Å². The van der Waals surface area contributed by atoms with Gasteiger partial charge in [0.2, 0.25) is 0 Å². The van der Waals surface area contributed by atoms with Gasteiger partial charge in [0.1, 0.15) is 4.90 Å². The van der Waals surface area contributed by atoms with Crippen molar-refractivity contribution in [2.75, 3.05) is 7.11 Å². The van der Waals surface area contributed by atoms with Crippen LogP contribution < -0.4 is 8.92 Å². The molecule has 2 amide bonds. The van der Waals surface area contributed by atoms with Crippen LogP contribution in [0.2, 0.25) is 0 Å². The van der Waals surface area contributed by atoms with E-state index in [1.807, 2.05) is 24.3 Å². The Morgan fingerprint density at radius 1 is 0.971 bits per heavy atom. The summed E-state index contributed by atoms with van der Waals surface area (Å²) in [5.74, 6) is -0.381. The second-order valence-corrected chi connectivity index (χ2v) is 10.6. The van der Waals surface area contributed by atoms with E-state index in [1.165, 1.54) is 25.3 Å². The number of halogens is 1. The third-order valence-corrected chi connectivity index (χ3v) is 7.54. The third-order valence-electron chi connectivity index (χ3n) is 4.87. The molecule has 0 radical (unpaired) electrons. The zero-order valence-electron chi connectivity index (χ0n) is 17.8. The van der Waals surface area contributed by atoms with Gasteiger partial charge in [-0.25, -0.2) is 0 Å². The van der Waals surface area contributed by atoms with E-state index < -0.39 is 21.3 Å². The van der Waals surface area contributed by atoms with Gasteiger partial charge in [-0.2, -0.15) is 8.42 Å². The van der Waals surface area contributed by atoms with Crippen LogP contribution in [0.25, 0.3) is 6.08 Å². The molecule has 1 aliphatic rings. The van der Waals surface area contributed by atoms with Crippen LogP contribution in [0.5, 0.6) is 11.5 Å². The Hall–Kier alpha value is -3.08. The minimum atomic E-state index is -4.16. The highest BCUT2D eigenvalue weighted by Gasteiger charge is 2.35. The number of para-hydroxylation sites is 1. The number of methoxy groups -OCH3 is 1. The minimum Gasteiger partial charge on any atom is -0.493 e. The van der Waals surface area contributed by atoms with Crippen molar-refractivity contribution in [3.05, 3.63) is 93.3 Å². The lowest BCUT2D eigenvalue weighted by molar-refractivity contribution is -0.123. The maximum atomic E-state index is 13.0. The summed E-state index contributed by atoms with van der Waals surface area (Å²) in [6, 6.07) is 19.8. The average molecular weight is 560 g/mol. The second-order valence-electron chi connectivity index (χ2n) is 7.12. The predicted molar refractivity (Wildman–Crippen MR) is 133 cm³/mol. The van der Waals surface area contributed by atoms with Crippen LogP contribution in [0.4, 0.5) is 4.79 Å². The Labute approximate surface area is 209 Å². The van der Waals surface area contributed by atoms with Gasteiger partial charge in [0.25, 0.3) is 11.1 Å². The monoisotopic (exact) mass is 559 g/mol. The number of nitrogens with zero attached hydrogens (tertiary/aromatic N) is 1. The molecule has 34 heavy (non-hydrogen) atoms. The molecule has 3 aromatic carbocycles. The topological polar surface area (TPSA) is 90.0 Å². The van der Waals surface area contributed by atoms with Crippen LogP contribution in [0.1, 0.15) is 11.1 Å². The van der Waals surface area contributed by atoms with E-state index in [2.05, 4.69) is 15.9 Å². The number of amides is 2. The first-order valence-corrected chi connectivity index (χ1v) is 13.0. The molecule has 0 bridgehead atoms. The number of carbonyl (C=O) groups is 2. The molecular formula is C24H18BrNO6S2. The third kappa shape index (κ3) is 5.19. The number of carbonyl (C=O) groups excluding carboxylic acids is 2. The minimum absolute atomic E-state index is 0.0262. The van der Waals surface area contributed by atoms with Crippen molar-refractivity contribution in [1.29, 1.82) is 0 Å². The fourth-order valence-corrected chi connectivity index (χ4v) is 5.27.